The van der Waals surface area contributed by atoms with Crippen LogP contribution in [0.5, 0.6) is 0 Å². The van der Waals surface area contributed by atoms with Crippen molar-refractivity contribution in [1.82, 2.24) is 4.98 Å². The lowest BCUT2D eigenvalue weighted by atomic mass is 9.78. The minimum atomic E-state index is -0.919. The van der Waals surface area contributed by atoms with E-state index in [1.807, 2.05) is 61.5 Å². The van der Waals surface area contributed by atoms with Gasteiger partial charge in [-0.15, -0.1) is 11.3 Å². The molecule has 0 bridgehead atoms. The molecule has 4 aromatic rings. The van der Waals surface area contributed by atoms with Crippen LogP contribution in [0.2, 0.25) is 0 Å². The highest BCUT2D eigenvalue weighted by Gasteiger charge is 2.36. The van der Waals surface area contributed by atoms with Gasteiger partial charge in [-0.3, -0.25) is 9.59 Å². The molecule has 162 valence electrons. The summed E-state index contributed by atoms with van der Waals surface area (Å²) in [6.07, 6.45) is 0.405. The maximum absolute atomic E-state index is 14.0. The van der Waals surface area contributed by atoms with Gasteiger partial charge in [0.2, 0.25) is 11.8 Å². The van der Waals surface area contributed by atoms with Crippen LogP contribution in [0.4, 0.5) is 15.8 Å². The maximum atomic E-state index is 14.0. The molecule has 0 aliphatic rings. The van der Waals surface area contributed by atoms with E-state index >= 15 is 0 Å². The number of nitrogens with zero attached hydrogens (tertiary/aromatic N) is 1. The second-order valence-electron chi connectivity index (χ2n) is 7.78. The predicted molar refractivity (Wildman–Crippen MR) is 126 cm³/mol. The Morgan fingerprint density at radius 3 is 2.44 bits per heavy atom. The Hall–Kier alpha value is -3.58. The Balaban J connectivity index is 1.67. The van der Waals surface area contributed by atoms with Gasteiger partial charge in [0.1, 0.15) is 5.82 Å². The number of para-hydroxylation sites is 1. The third kappa shape index (κ3) is 4.53. The number of halogens is 1. The van der Waals surface area contributed by atoms with Gasteiger partial charge in [-0.1, -0.05) is 42.5 Å². The van der Waals surface area contributed by atoms with Gasteiger partial charge >= 0.3 is 0 Å². The third-order valence-electron chi connectivity index (χ3n) is 5.29. The van der Waals surface area contributed by atoms with Crippen LogP contribution in [0.25, 0.3) is 10.2 Å². The number of carbonyl (C=O) groups excluding carboxylic acids is 2. The normalized spacial score (nSPS) is 12.8. The summed E-state index contributed by atoms with van der Waals surface area (Å²) in [7, 11) is 0. The SMILES string of the molecule is CC(=O)Nc1cc(NC(=O)C(C)(Cc2nc3ccccc3s2)c2ccccc2)ccc1F. The summed E-state index contributed by atoms with van der Waals surface area (Å²) in [6, 6.07) is 21.5. The molecule has 0 saturated carbocycles. The summed E-state index contributed by atoms with van der Waals surface area (Å²) in [5, 5.41) is 6.19. The molecule has 1 aromatic heterocycles. The molecular weight excluding hydrogens is 425 g/mol. The van der Waals surface area contributed by atoms with Crippen molar-refractivity contribution in [2.24, 2.45) is 0 Å². The molecule has 7 heteroatoms. The van der Waals surface area contributed by atoms with Crippen molar-refractivity contribution < 1.29 is 14.0 Å². The van der Waals surface area contributed by atoms with E-state index in [1.165, 1.54) is 25.1 Å². The Kier molecular flexibility index (Phi) is 6.01. The molecule has 0 radical (unpaired) electrons. The van der Waals surface area contributed by atoms with Gasteiger partial charge in [-0.25, -0.2) is 9.37 Å². The van der Waals surface area contributed by atoms with Crippen molar-refractivity contribution in [3.05, 3.63) is 89.2 Å². The molecule has 0 spiro atoms. The van der Waals surface area contributed by atoms with Gasteiger partial charge in [0.05, 0.1) is 26.3 Å². The first-order valence-electron chi connectivity index (χ1n) is 10.1. The monoisotopic (exact) mass is 447 g/mol. The summed E-state index contributed by atoms with van der Waals surface area (Å²) in [5.41, 5.74) is 1.25. The zero-order valence-corrected chi connectivity index (χ0v) is 18.5. The first kappa shape index (κ1) is 21.6. The van der Waals surface area contributed by atoms with Gasteiger partial charge in [0.15, 0.2) is 0 Å². The van der Waals surface area contributed by atoms with E-state index in [-0.39, 0.29) is 11.6 Å². The topological polar surface area (TPSA) is 71.1 Å². The van der Waals surface area contributed by atoms with Crippen molar-refractivity contribution in [3.8, 4) is 0 Å². The number of amides is 2. The van der Waals surface area contributed by atoms with Crippen LogP contribution in [-0.2, 0) is 21.4 Å². The molecular formula is C25H22FN3O2S. The second-order valence-corrected chi connectivity index (χ2v) is 8.90. The third-order valence-corrected chi connectivity index (χ3v) is 6.33. The molecule has 0 aliphatic carbocycles. The lowest BCUT2D eigenvalue weighted by Gasteiger charge is -2.28. The zero-order chi connectivity index (χ0) is 22.7. The fourth-order valence-electron chi connectivity index (χ4n) is 3.57. The van der Waals surface area contributed by atoms with Crippen LogP contribution in [0.3, 0.4) is 0 Å². The summed E-state index contributed by atoms with van der Waals surface area (Å²) >= 11 is 1.57. The summed E-state index contributed by atoms with van der Waals surface area (Å²) in [6.45, 7) is 3.18. The highest BCUT2D eigenvalue weighted by atomic mass is 32.1. The van der Waals surface area contributed by atoms with Crippen molar-refractivity contribution in [2.45, 2.75) is 25.7 Å². The largest absolute Gasteiger partial charge is 0.325 e. The Morgan fingerprint density at radius 2 is 1.72 bits per heavy atom. The fraction of sp³-hybridized carbons (Fsp3) is 0.160. The molecule has 3 aromatic carbocycles. The minimum Gasteiger partial charge on any atom is -0.325 e. The average Bonchev–Trinajstić information content (AvgIpc) is 3.18. The van der Waals surface area contributed by atoms with E-state index in [1.54, 1.807) is 11.3 Å². The van der Waals surface area contributed by atoms with Crippen molar-refractivity contribution in [1.29, 1.82) is 0 Å². The predicted octanol–water partition coefficient (Wildman–Crippen LogP) is 5.53. The summed E-state index contributed by atoms with van der Waals surface area (Å²) < 4.78 is 15.1. The van der Waals surface area contributed by atoms with E-state index < -0.39 is 17.1 Å². The van der Waals surface area contributed by atoms with Gasteiger partial charge < -0.3 is 10.6 Å². The van der Waals surface area contributed by atoms with Crippen LogP contribution in [0.1, 0.15) is 24.4 Å². The number of nitrogens with one attached hydrogen (secondary N) is 2. The highest BCUT2D eigenvalue weighted by molar-refractivity contribution is 7.18. The number of hydrogen-bond acceptors (Lipinski definition) is 4. The summed E-state index contributed by atoms with van der Waals surface area (Å²) in [4.78, 5) is 29.6. The Morgan fingerprint density at radius 1 is 1.00 bits per heavy atom. The molecule has 0 saturated heterocycles. The van der Waals surface area contributed by atoms with Crippen LogP contribution < -0.4 is 10.6 Å². The van der Waals surface area contributed by atoms with Crippen LogP contribution in [0.15, 0.2) is 72.8 Å². The van der Waals surface area contributed by atoms with Crippen molar-refractivity contribution in [2.75, 3.05) is 10.6 Å². The number of rotatable bonds is 6. The number of hydrogen-bond donors (Lipinski definition) is 2. The Labute approximate surface area is 189 Å². The second kappa shape index (κ2) is 8.88. The van der Waals surface area contributed by atoms with Gasteiger partial charge in [0.25, 0.3) is 0 Å². The number of aromatic nitrogens is 1. The van der Waals surface area contributed by atoms with E-state index in [4.69, 9.17) is 4.98 Å². The van der Waals surface area contributed by atoms with Crippen LogP contribution in [0, 0.1) is 5.82 Å². The van der Waals surface area contributed by atoms with E-state index in [9.17, 15) is 14.0 Å². The zero-order valence-electron chi connectivity index (χ0n) is 17.7. The molecule has 1 atom stereocenters. The first-order valence-corrected chi connectivity index (χ1v) is 11.0. The molecule has 0 fully saturated rings. The number of benzene rings is 3. The van der Waals surface area contributed by atoms with E-state index in [0.717, 1.165) is 20.8 Å². The minimum absolute atomic E-state index is 0.0166. The number of thiazole rings is 1. The van der Waals surface area contributed by atoms with Crippen LogP contribution in [-0.4, -0.2) is 16.8 Å². The molecule has 2 N–H and O–H groups in total. The quantitative estimate of drug-likeness (QED) is 0.408. The van der Waals surface area contributed by atoms with Gasteiger partial charge in [-0.2, -0.15) is 0 Å². The lowest BCUT2D eigenvalue weighted by molar-refractivity contribution is -0.121. The Bertz CT molecular complexity index is 1260. The molecule has 32 heavy (non-hydrogen) atoms. The number of carbonyl (C=O) groups is 2. The van der Waals surface area contributed by atoms with Crippen molar-refractivity contribution >= 4 is 44.7 Å². The fourth-order valence-corrected chi connectivity index (χ4v) is 4.70. The smallest absolute Gasteiger partial charge is 0.235 e. The van der Waals surface area contributed by atoms with Crippen molar-refractivity contribution in [3.63, 3.8) is 0 Å². The lowest BCUT2D eigenvalue weighted by Crippen LogP contribution is -2.39. The van der Waals surface area contributed by atoms with Gasteiger partial charge in [-0.05, 0) is 42.8 Å². The van der Waals surface area contributed by atoms with E-state index in [0.29, 0.717) is 12.1 Å². The highest BCUT2D eigenvalue weighted by Crippen LogP contribution is 2.33. The van der Waals surface area contributed by atoms with E-state index in [2.05, 4.69) is 10.6 Å². The maximum Gasteiger partial charge on any atom is 0.235 e. The van der Waals surface area contributed by atoms with Crippen LogP contribution >= 0.6 is 11.3 Å². The standard InChI is InChI=1S/C25H22FN3O2S/c1-16(30)27-21-14-18(12-13-19(21)26)28-24(31)25(2,17-8-4-3-5-9-17)15-23-29-20-10-6-7-11-22(20)32-23/h3-14H,15H2,1-2H3,(H,27,30)(H,28,31). The molecule has 0 aliphatic heterocycles. The molecule has 1 heterocycles. The summed E-state index contributed by atoms with van der Waals surface area (Å²) in [5.74, 6) is -1.21. The number of anilines is 2. The molecule has 5 nitrogen and oxygen atoms in total. The first-order chi connectivity index (χ1) is 15.3. The number of fused-ring (bicyclic) bond motifs is 1. The average molecular weight is 448 g/mol. The molecule has 4 rings (SSSR count). The molecule has 2 amide bonds. The van der Waals surface area contributed by atoms with Gasteiger partial charge in [0, 0.05) is 19.0 Å². The molecule has 1 unspecified atom stereocenters.